The number of anilines is 2. The Balaban J connectivity index is 1.57. The SMILES string of the molecule is COc1ccccc1COc1ccc(S(=O)(=O)c2ccc(C)nc2Nc2ccc(OC(F)F)cc2Cl)cc1. The molecule has 0 atom stereocenters. The second-order valence-corrected chi connectivity index (χ2v) is 10.3. The van der Waals surface area contributed by atoms with Gasteiger partial charge < -0.3 is 19.5 Å². The number of sulfone groups is 1. The maximum atomic E-state index is 13.5. The molecule has 0 aliphatic rings. The Morgan fingerprint density at radius 2 is 1.68 bits per heavy atom. The summed E-state index contributed by atoms with van der Waals surface area (Å²) in [7, 11) is -2.43. The number of rotatable bonds is 10. The molecule has 0 saturated carbocycles. The number of ether oxygens (including phenoxy) is 3. The largest absolute Gasteiger partial charge is 0.496 e. The fraction of sp³-hybridized carbons (Fsp3) is 0.148. The van der Waals surface area contributed by atoms with Gasteiger partial charge in [0.25, 0.3) is 0 Å². The summed E-state index contributed by atoms with van der Waals surface area (Å²) in [5, 5.41) is 2.94. The Bertz CT molecular complexity index is 1530. The molecule has 38 heavy (non-hydrogen) atoms. The molecule has 0 aliphatic heterocycles. The van der Waals surface area contributed by atoms with E-state index in [4.69, 9.17) is 21.1 Å². The topological polar surface area (TPSA) is 86.8 Å². The number of halogens is 3. The van der Waals surface area contributed by atoms with E-state index >= 15 is 0 Å². The molecule has 0 amide bonds. The first kappa shape index (κ1) is 27.2. The lowest BCUT2D eigenvalue weighted by Crippen LogP contribution is -2.08. The lowest BCUT2D eigenvalue weighted by molar-refractivity contribution is -0.0498. The maximum absolute atomic E-state index is 13.5. The third kappa shape index (κ3) is 6.32. The van der Waals surface area contributed by atoms with Crippen molar-refractivity contribution in [3.05, 3.63) is 95.1 Å². The molecule has 11 heteroatoms. The number of aryl methyl sites for hydroxylation is 1. The monoisotopic (exact) mass is 560 g/mol. The first-order valence-electron chi connectivity index (χ1n) is 11.3. The molecule has 1 heterocycles. The molecule has 4 aromatic rings. The van der Waals surface area contributed by atoms with E-state index in [1.807, 2.05) is 24.3 Å². The fourth-order valence-electron chi connectivity index (χ4n) is 3.58. The number of hydrogen-bond donors (Lipinski definition) is 1. The van der Waals surface area contributed by atoms with Crippen LogP contribution in [0.3, 0.4) is 0 Å². The summed E-state index contributed by atoms with van der Waals surface area (Å²) in [6.45, 7) is -1.05. The van der Waals surface area contributed by atoms with Gasteiger partial charge in [-0.2, -0.15) is 8.78 Å². The molecule has 0 bridgehead atoms. The van der Waals surface area contributed by atoms with E-state index in [0.717, 1.165) is 5.56 Å². The summed E-state index contributed by atoms with van der Waals surface area (Å²) in [5.41, 5.74) is 1.67. The second kappa shape index (κ2) is 11.7. The molecule has 1 aromatic heterocycles. The van der Waals surface area contributed by atoms with E-state index in [-0.39, 0.29) is 38.7 Å². The molecule has 0 unspecified atom stereocenters. The molecule has 198 valence electrons. The Labute approximate surface area is 223 Å². The number of aromatic nitrogens is 1. The average Bonchev–Trinajstić information content (AvgIpc) is 2.89. The van der Waals surface area contributed by atoms with E-state index < -0.39 is 16.4 Å². The highest BCUT2D eigenvalue weighted by Crippen LogP contribution is 2.34. The molecule has 3 aromatic carbocycles. The number of benzene rings is 3. The number of para-hydroxylation sites is 1. The molecule has 4 rings (SSSR count). The summed E-state index contributed by atoms with van der Waals surface area (Å²) in [4.78, 5) is 4.27. The molecule has 0 fully saturated rings. The average molecular weight is 561 g/mol. The van der Waals surface area contributed by atoms with Gasteiger partial charge in [-0.15, -0.1) is 0 Å². The Morgan fingerprint density at radius 1 is 0.974 bits per heavy atom. The normalized spacial score (nSPS) is 11.3. The second-order valence-electron chi connectivity index (χ2n) is 8.02. The van der Waals surface area contributed by atoms with Gasteiger partial charge in [-0.3, -0.25) is 0 Å². The van der Waals surface area contributed by atoms with Gasteiger partial charge in [-0.05, 0) is 61.5 Å². The van der Waals surface area contributed by atoms with E-state index in [1.54, 1.807) is 32.2 Å². The van der Waals surface area contributed by atoms with Crippen LogP contribution in [0.15, 0.2) is 88.7 Å². The lowest BCUT2D eigenvalue weighted by Gasteiger charge is -2.15. The van der Waals surface area contributed by atoms with E-state index in [1.165, 1.54) is 36.4 Å². The number of methoxy groups -OCH3 is 1. The zero-order valence-corrected chi connectivity index (χ0v) is 21.9. The first-order valence-corrected chi connectivity index (χ1v) is 13.1. The molecule has 0 radical (unpaired) electrons. The predicted molar refractivity (Wildman–Crippen MR) is 140 cm³/mol. The third-order valence-electron chi connectivity index (χ3n) is 5.43. The molecular formula is C27H23ClF2N2O5S. The number of hydrogen-bond acceptors (Lipinski definition) is 7. The van der Waals surface area contributed by atoms with Crippen molar-refractivity contribution in [2.24, 2.45) is 0 Å². The summed E-state index contributed by atoms with van der Waals surface area (Å²) < 4.78 is 67.5. The van der Waals surface area contributed by atoms with Crippen LogP contribution in [-0.2, 0) is 16.4 Å². The summed E-state index contributed by atoms with van der Waals surface area (Å²) in [5.74, 6) is 1.07. The van der Waals surface area contributed by atoms with Crippen LogP contribution in [0.25, 0.3) is 0 Å². The van der Waals surface area contributed by atoms with Gasteiger partial charge in [0.15, 0.2) is 0 Å². The summed E-state index contributed by atoms with van der Waals surface area (Å²) in [6.07, 6.45) is 0. The van der Waals surface area contributed by atoms with Crippen LogP contribution in [0.1, 0.15) is 11.3 Å². The summed E-state index contributed by atoms with van der Waals surface area (Å²) >= 11 is 6.21. The van der Waals surface area contributed by atoms with Gasteiger partial charge >= 0.3 is 6.61 Å². The minimum Gasteiger partial charge on any atom is -0.496 e. The summed E-state index contributed by atoms with van der Waals surface area (Å²) in [6, 6.07) is 20.3. The highest BCUT2D eigenvalue weighted by Gasteiger charge is 2.23. The van der Waals surface area contributed by atoms with Crippen molar-refractivity contribution in [2.45, 2.75) is 29.9 Å². The van der Waals surface area contributed by atoms with Crippen molar-refractivity contribution in [3.63, 3.8) is 0 Å². The van der Waals surface area contributed by atoms with Crippen molar-refractivity contribution in [1.82, 2.24) is 4.98 Å². The van der Waals surface area contributed by atoms with Gasteiger partial charge in [0.1, 0.15) is 34.6 Å². The Hall–Kier alpha value is -3.89. The fourth-order valence-corrected chi connectivity index (χ4v) is 5.14. The predicted octanol–water partition coefficient (Wildman–Crippen LogP) is 6.81. The maximum Gasteiger partial charge on any atom is 0.387 e. The van der Waals surface area contributed by atoms with Crippen molar-refractivity contribution in [3.8, 4) is 17.2 Å². The lowest BCUT2D eigenvalue weighted by atomic mass is 10.2. The Morgan fingerprint density at radius 3 is 2.37 bits per heavy atom. The third-order valence-corrected chi connectivity index (χ3v) is 7.54. The quantitative estimate of drug-likeness (QED) is 0.228. The van der Waals surface area contributed by atoms with Crippen molar-refractivity contribution in [1.29, 1.82) is 0 Å². The van der Waals surface area contributed by atoms with Crippen LogP contribution >= 0.6 is 11.6 Å². The highest BCUT2D eigenvalue weighted by molar-refractivity contribution is 7.91. The molecular weight excluding hydrogens is 538 g/mol. The van der Waals surface area contributed by atoms with Gasteiger partial charge in [0.05, 0.1) is 22.7 Å². The number of alkyl halides is 2. The minimum absolute atomic E-state index is 0.0302. The molecule has 0 aliphatic carbocycles. The Kier molecular flexibility index (Phi) is 8.33. The van der Waals surface area contributed by atoms with Crippen LogP contribution in [0.4, 0.5) is 20.3 Å². The van der Waals surface area contributed by atoms with Crippen molar-refractivity contribution < 1.29 is 31.4 Å². The number of nitrogens with one attached hydrogen (secondary N) is 1. The van der Waals surface area contributed by atoms with Crippen LogP contribution in [0.5, 0.6) is 17.2 Å². The molecule has 7 nitrogen and oxygen atoms in total. The zero-order valence-electron chi connectivity index (χ0n) is 20.3. The van der Waals surface area contributed by atoms with Crippen molar-refractivity contribution >= 4 is 32.9 Å². The smallest absolute Gasteiger partial charge is 0.387 e. The number of pyridine rings is 1. The standard InChI is InChI=1S/C27H23ClF2N2O5S/c1-17-7-14-25(26(31-17)32-23-13-10-20(15-22(23)28)37-27(29)30)38(33,34)21-11-8-19(9-12-21)36-16-18-5-3-4-6-24(18)35-2/h3-15,27H,16H2,1-2H3,(H,31,32). The van der Waals surface area contributed by atoms with E-state index in [2.05, 4.69) is 15.0 Å². The van der Waals surface area contributed by atoms with E-state index in [9.17, 15) is 17.2 Å². The first-order chi connectivity index (χ1) is 18.2. The van der Waals surface area contributed by atoms with E-state index in [0.29, 0.717) is 17.2 Å². The zero-order chi connectivity index (χ0) is 27.3. The molecule has 1 N–H and O–H groups in total. The van der Waals surface area contributed by atoms with Gasteiger partial charge in [-0.1, -0.05) is 29.8 Å². The van der Waals surface area contributed by atoms with Crippen LogP contribution in [-0.4, -0.2) is 27.1 Å². The van der Waals surface area contributed by atoms with Gasteiger partial charge in [0.2, 0.25) is 9.84 Å². The molecule has 0 saturated heterocycles. The van der Waals surface area contributed by atoms with Crippen LogP contribution < -0.4 is 19.5 Å². The number of nitrogens with zero attached hydrogens (tertiary/aromatic N) is 1. The highest BCUT2D eigenvalue weighted by atomic mass is 35.5. The minimum atomic E-state index is -4.01. The molecule has 0 spiro atoms. The van der Waals surface area contributed by atoms with Crippen molar-refractivity contribution in [2.75, 3.05) is 12.4 Å². The van der Waals surface area contributed by atoms with Crippen LogP contribution in [0.2, 0.25) is 5.02 Å². The van der Waals surface area contributed by atoms with Gasteiger partial charge in [-0.25, -0.2) is 13.4 Å². The van der Waals surface area contributed by atoms with Gasteiger partial charge in [0, 0.05) is 17.3 Å². The van der Waals surface area contributed by atoms with Crippen LogP contribution in [0, 0.1) is 6.92 Å².